The van der Waals surface area contributed by atoms with Crippen molar-refractivity contribution in [1.82, 2.24) is 15.2 Å². The summed E-state index contributed by atoms with van der Waals surface area (Å²) in [5.41, 5.74) is 1.70. The number of likely N-dealkylation sites (N-methyl/N-ethyl adjacent to an activating group) is 1. The van der Waals surface area contributed by atoms with Crippen LogP contribution in [0.4, 0.5) is 0 Å². The maximum absolute atomic E-state index is 12.5. The Bertz CT molecular complexity index is 813. The molecule has 2 heterocycles. The van der Waals surface area contributed by atoms with E-state index >= 15 is 0 Å². The molecule has 1 aliphatic rings. The van der Waals surface area contributed by atoms with Crippen molar-refractivity contribution in [2.45, 2.75) is 18.5 Å². The normalized spacial score (nSPS) is 19.8. The van der Waals surface area contributed by atoms with Crippen LogP contribution < -0.4 is 5.32 Å². The third-order valence-corrected chi connectivity index (χ3v) is 4.18. The van der Waals surface area contributed by atoms with Crippen LogP contribution in [0.25, 0.3) is 0 Å². The number of hydrogen-bond acceptors (Lipinski definition) is 4. The molecule has 2 atom stereocenters. The van der Waals surface area contributed by atoms with E-state index in [1.54, 1.807) is 48.6 Å². The van der Waals surface area contributed by atoms with E-state index in [1.165, 1.54) is 6.07 Å². The monoisotopic (exact) mass is 320 g/mol. The Kier molecular flexibility index (Phi) is 4.25. The largest absolute Gasteiger partial charge is 0.346 e. The van der Waals surface area contributed by atoms with Gasteiger partial charge in [-0.3, -0.25) is 14.6 Å². The standard InChI is InChI=1S/C18H16N4O2/c1-22-16(23)9-15(17(22)14-6-3-7-20-11-14)21-18(24)13-5-2-4-12(8-13)10-19/h2-8,11,15,17H,9H2,1H3,(H,21,24)/t15-,17+/m1/s1. The number of nitriles is 1. The van der Waals surface area contributed by atoms with Gasteiger partial charge in [-0.15, -0.1) is 0 Å². The second-order valence-electron chi connectivity index (χ2n) is 5.71. The number of amides is 2. The van der Waals surface area contributed by atoms with Gasteiger partial charge in [-0.1, -0.05) is 12.1 Å². The quantitative estimate of drug-likeness (QED) is 0.932. The van der Waals surface area contributed by atoms with Crippen molar-refractivity contribution in [2.24, 2.45) is 0 Å². The molecule has 1 aromatic heterocycles. The van der Waals surface area contributed by atoms with Gasteiger partial charge in [0.15, 0.2) is 0 Å². The molecule has 0 aliphatic carbocycles. The number of pyridine rings is 1. The summed E-state index contributed by atoms with van der Waals surface area (Å²) in [5.74, 6) is -0.325. The van der Waals surface area contributed by atoms with Crippen LogP contribution in [0.5, 0.6) is 0 Å². The van der Waals surface area contributed by atoms with Gasteiger partial charge in [0.2, 0.25) is 5.91 Å². The average molecular weight is 320 g/mol. The number of nitrogens with zero attached hydrogens (tertiary/aromatic N) is 3. The smallest absolute Gasteiger partial charge is 0.251 e. The molecular formula is C18H16N4O2. The first-order valence-electron chi connectivity index (χ1n) is 7.57. The summed E-state index contributed by atoms with van der Waals surface area (Å²) in [6, 6.07) is 11.6. The van der Waals surface area contributed by atoms with Crippen LogP contribution in [0.15, 0.2) is 48.8 Å². The van der Waals surface area contributed by atoms with Gasteiger partial charge in [-0.05, 0) is 29.8 Å². The zero-order chi connectivity index (χ0) is 17.1. The van der Waals surface area contributed by atoms with E-state index in [2.05, 4.69) is 10.3 Å². The summed E-state index contributed by atoms with van der Waals surface area (Å²) in [4.78, 5) is 30.3. The summed E-state index contributed by atoms with van der Waals surface area (Å²) in [6.07, 6.45) is 3.61. The highest BCUT2D eigenvalue weighted by Crippen LogP contribution is 2.31. The Morgan fingerprint density at radius 3 is 2.92 bits per heavy atom. The second-order valence-corrected chi connectivity index (χ2v) is 5.71. The molecular weight excluding hydrogens is 304 g/mol. The first-order chi connectivity index (χ1) is 11.6. The molecule has 1 saturated heterocycles. The summed E-state index contributed by atoms with van der Waals surface area (Å²) >= 11 is 0. The molecule has 0 radical (unpaired) electrons. The molecule has 120 valence electrons. The van der Waals surface area contributed by atoms with Crippen molar-refractivity contribution in [3.8, 4) is 6.07 Å². The maximum atomic E-state index is 12.5. The lowest BCUT2D eigenvalue weighted by Crippen LogP contribution is -2.39. The Balaban J connectivity index is 1.83. The molecule has 2 aromatic rings. The molecule has 1 aliphatic heterocycles. The highest BCUT2D eigenvalue weighted by molar-refractivity contribution is 5.95. The third kappa shape index (κ3) is 2.97. The van der Waals surface area contributed by atoms with Gasteiger partial charge in [0.25, 0.3) is 5.91 Å². The first-order valence-corrected chi connectivity index (χ1v) is 7.57. The van der Waals surface area contributed by atoms with Gasteiger partial charge >= 0.3 is 0 Å². The molecule has 0 saturated carbocycles. The number of hydrogen-bond donors (Lipinski definition) is 1. The average Bonchev–Trinajstić information content (AvgIpc) is 2.89. The zero-order valence-corrected chi connectivity index (χ0v) is 13.1. The lowest BCUT2D eigenvalue weighted by atomic mass is 10.0. The van der Waals surface area contributed by atoms with Crippen LogP contribution in [-0.4, -0.2) is 34.8 Å². The Morgan fingerprint density at radius 2 is 2.21 bits per heavy atom. The number of benzene rings is 1. The molecule has 1 N–H and O–H groups in total. The van der Waals surface area contributed by atoms with Crippen molar-refractivity contribution >= 4 is 11.8 Å². The summed E-state index contributed by atoms with van der Waals surface area (Å²) in [5, 5.41) is 11.9. The minimum Gasteiger partial charge on any atom is -0.346 e. The minimum absolute atomic E-state index is 0.0278. The van der Waals surface area contributed by atoms with Crippen LogP contribution in [0.3, 0.4) is 0 Å². The lowest BCUT2D eigenvalue weighted by molar-refractivity contribution is -0.127. The van der Waals surface area contributed by atoms with Crippen LogP contribution in [-0.2, 0) is 4.79 Å². The topological polar surface area (TPSA) is 86.1 Å². The Hall–Kier alpha value is -3.20. The van der Waals surface area contributed by atoms with E-state index in [1.807, 2.05) is 12.1 Å². The molecule has 2 amide bonds. The Morgan fingerprint density at radius 1 is 1.38 bits per heavy atom. The molecule has 0 bridgehead atoms. The predicted molar refractivity (Wildman–Crippen MR) is 86.8 cm³/mol. The fraction of sp³-hybridized carbons (Fsp3) is 0.222. The third-order valence-electron chi connectivity index (χ3n) is 4.18. The SMILES string of the molecule is CN1C(=O)C[C@@H](NC(=O)c2cccc(C#N)c2)[C@@H]1c1cccnc1. The van der Waals surface area contributed by atoms with E-state index < -0.39 is 0 Å². The Labute approximate surface area is 139 Å². The minimum atomic E-state index is -0.343. The highest BCUT2D eigenvalue weighted by atomic mass is 16.2. The van der Waals surface area contributed by atoms with Crippen molar-refractivity contribution < 1.29 is 9.59 Å². The van der Waals surface area contributed by atoms with E-state index in [9.17, 15) is 9.59 Å². The van der Waals surface area contributed by atoms with Gasteiger partial charge < -0.3 is 10.2 Å². The number of rotatable bonds is 3. The van der Waals surface area contributed by atoms with Crippen LogP contribution in [0, 0.1) is 11.3 Å². The predicted octanol–water partition coefficient (Wildman–Crippen LogP) is 1.66. The molecule has 1 fully saturated rings. The molecule has 1 aromatic carbocycles. The molecule has 6 heteroatoms. The van der Waals surface area contributed by atoms with E-state index in [0.717, 1.165) is 5.56 Å². The van der Waals surface area contributed by atoms with E-state index in [4.69, 9.17) is 5.26 Å². The first kappa shape index (κ1) is 15.7. The number of aromatic nitrogens is 1. The summed E-state index contributed by atoms with van der Waals surface area (Å²) < 4.78 is 0. The molecule has 0 unspecified atom stereocenters. The van der Waals surface area contributed by atoms with Crippen LogP contribution >= 0.6 is 0 Å². The second kappa shape index (κ2) is 6.50. The molecule has 3 rings (SSSR count). The van der Waals surface area contributed by atoms with Gasteiger partial charge in [-0.25, -0.2) is 0 Å². The maximum Gasteiger partial charge on any atom is 0.251 e. The van der Waals surface area contributed by atoms with Crippen molar-refractivity contribution in [3.63, 3.8) is 0 Å². The summed E-state index contributed by atoms with van der Waals surface area (Å²) in [7, 11) is 1.72. The fourth-order valence-electron chi connectivity index (χ4n) is 2.99. The van der Waals surface area contributed by atoms with Gasteiger partial charge in [-0.2, -0.15) is 5.26 Å². The molecule has 0 spiro atoms. The van der Waals surface area contributed by atoms with Crippen LogP contribution in [0.1, 0.15) is 33.9 Å². The van der Waals surface area contributed by atoms with Crippen molar-refractivity contribution in [1.29, 1.82) is 5.26 Å². The zero-order valence-electron chi connectivity index (χ0n) is 13.1. The number of nitrogens with one attached hydrogen (secondary N) is 1. The molecule has 6 nitrogen and oxygen atoms in total. The highest BCUT2D eigenvalue weighted by Gasteiger charge is 2.39. The van der Waals surface area contributed by atoms with E-state index in [-0.39, 0.29) is 30.3 Å². The summed E-state index contributed by atoms with van der Waals surface area (Å²) in [6.45, 7) is 0. The number of carbonyl (C=O) groups excluding carboxylic acids is 2. The van der Waals surface area contributed by atoms with Gasteiger partial charge in [0.05, 0.1) is 23.7 Å². The van der Waals surface area contributed by atoms with Gasteiger partial charge in [0, 0.05) is 31.4 Å². The van der Waals surface area contributed by atoms with Gasteiger partial charge in [0.1, 0.15) is 0 Å². The lowest BCUT2D eigenvalue weighted by Gasteiger charge is -2.25. The van der Waals surface area contributed by atoms with E-state index in [0.29, 0.717) is 11.1 Å². The van der Waals surface area contributed by atoms with Crippen molar-refractivity contribution in [3.05, 3.63) is 65.5 Å². The molecule has 24 heavy (non-hydrogen) atoms. The van der Waals surface area contributed by atoms with Crippen molar-refractivity contribution in [2.75, 3.05) is 7.05 Å². The van der Waals surface area contributed by atoms with Crippen LogP contribution in [0.2, 0.25) is 0 Å². The fourth-order valence-corrected chi connectivity index (χ4v) is 2.99. The number of likely N-dealkylation sites (tertiary alicyclic amines) is 1. The number of carbonyl (C=O) groups is 2.